The van der Waals surface area contributed by atoms with Gasteiger partial charge in [-0.05, 0) is 0 Å². The first-order valence-electron chi connectivity index (χ1n) is 0.532. The first-order chi connectivity index (χ1) is 1.73. The fraction of sp³-hybridized carbons (Fsp3) is 0. The van der Waals surface area contributed by atoms with E-state index in [1.807, 2.05) is 0 Å². The van der Waals surface area contributed by atoms with E-state index in [1.54, 1.807) is 0 Å². The van der Waals surface area contributed by atoms with Crippen LogP contribution in [0.25, 0.3) is 0 Å². The zero-order valence-corrected chi connectivity index (χ0v) is 2.53. The van der Waals surface area contributed by atoms with Gasteiger partial charge in [0.1, 0.15) is 0 Å². The van der Waals surface area contributed by atoms with Crippen molar-refractivity contribution in [2.24, 2.45) is 0 Å². The SMILES string of the molecule is O=S(O)O.[HH].[NaH]. The van der Waals surface area contributed by atoms with Crippen LogP contribution in [-0.2, 0) is 11.4 Å². The van der Waals surface area contributed by atoms with Crippen molar-refractivity contribution in [3.63, 3.8) is 0 Å². The van der Waals surface area contributed by atoms with Gasteiger partial charge in [-0.15, -0.1) is 0 Å². The third kappa shape index (κ3) is 41.7. The second-order valence-corrected chi connectivity index (χ2v) is 0.692. The Morgan fingerprint density at radius 3 is 1.60 bits per heavy atom. The Hall–Kier alpha value is 1.07. The molecule has 0 heterocycles. The molecule has 0 rings (SSSR count). The van der Waals surface area contributed by atoms with E-state index < -0.39 is 11.4 Å². The summed E-state index contributed by atoms with van der Waals surface area (Å²) in [4.78, 5) is 0. The van der Waals surface area contributed by atoms with E-state index in [9.17, 15) is 0 Å². The van der Waals surface area contributed by atoms with Gasteiger partial charge in [0.2, 0.25) is 0 Å². The molecule has 0 radical (unpaired) electrons. The van der Waals surface area contributed by atoms with Crippen LogP contribution in [0.15, 0.2) is 0 Å². The van der Waals surface area contributed by atoms with Gasteiger partial charge in [-0.3, -0.25) is 9.11 Å². The van der Waals surface area contributed by atoms with Gasteiger partial charge in [-0.25, -0.2) is 0 Å². The Kier molecular flexibility index (Phi) is 9.55. The summed E-state index contributed by atoms with van der Waals surface area (Å²) in [5.74, 6) is 0. The summed E-state index contributed by atoms with van der Waals surface area (Å²) in [5, 5.41) is 0. The van der Waals surface area contributed by atoms with Crippen molar-refractivity contribution in [2.45, 2.75) is 0 Å². The minimum absolute atomic E-state index is 0. The Morgan fingerprint density at radius 2 is 1.60 bits per heavy atom. The molecule has 0 aliphatic rings. The van der Waals surface area contributed by atoms with E-state index in [0.717, 1.165) is 0 Å². The molecule has 0 aromatic rings. The van der Waals surface area contributed by atoms with Crippen molar-refractivity contribution < 1.29 is 14.7 Å². The van der Waals surface area contributed by atoms with Gasteiger partial charge in [-0.1, -0.05) is 0 Å². The van der Waals surface area contributed by atoms with Crippen molar-refractivity contribution in [2.75, 3.05) is 0 Å². The van der Waals surface area contributed by atoms with Gasteiger partial charge < -0.3 is 0 Å². The van der Waals surface area contributed by atoms with E-state index in [4.69, 9.17) is 13.3 Å². The van der Waals surface area contributed by atoms with E-state index in [-0.39, 0.29) is 31.0 Å². The van der Waals surface area contributed by atoms with Gasteiger partial charge in [0.05, 0.1) is 0 Å². The molecule has 0 aliphatic carbocycles. The summed E-state index contributed by atoms with van der Waals surface area (Å²) in [6.07, 6.45) is 0. The molecule has 0 unspecified atom stereocenters. The zero-order valence-electron chi connectivity index (χ0n) is 1.71. The van der Waals surface area contributed by atoms with Gasteiger partial charge in [0.15, 0.2) is 0 Å². The summed E-state index contributed by atoms with van der Waals surface area (Å²) in [6, 6.07) is 0. The molecule has 0 saturated carbocycles. The van der Waals surface area contributed by atoms with Gasteiger partial charge in [-0.2, -0.15) is 4.21 Å². The van der Waals surface area contributed by atoms with Gasteiger partial charge in [0, 0.05) is 1.43 Å². The molecule has 0 aliphatic heterocycles. The Bertz CT molecular complexity index is 33.8. The quantitative estimate of drug-likeness (QED) is 0.318. The van der Waals surface area contributed by atoms with Crippen molar-refractivity contribution in [3.8, 4) is 0 Å². The van der Waals surface area contributed by atoms with Crippen molar-refractivity contribution in [1.29, 1.82) is 0 Å². The fourth-order valence-electron chi connectivity index (χ4n) is 0. The third-order valence-electron chi connectivity index (χ3n) is 0. The Labute approximate surface area is 55.7 Å². The van der Waals surface area contributed by atoms with Crippen LogP contribution in [0.5, 0.6) is 0 Å². The van der Waals surface area contributed by atoms with E-state index in [0.29, 0.717) is 0 Å². The number of hydrogen-bond donors (Lipinski definition) is 2. The maximum atomic E-state index is 8.67. The Balaban J connectivity index is -0.0000000450. The summed E-state index contributed by atoms with van der Waals surface area (Å²) in [5.41, 5.74) is 0. The molecule has 0 atom stereocenters. The minimum atomic E-state index is -2.61. The molecule has 5 heavy (non-hydrogen) atoms. The second kappa shape index (κ2) is 5.07. The Morgan fingerprint density at radius 1 is 1.60 bits per heavy atom. The van der Waals surface area contributed by atoms with Crippen molar-refractivity contribution in [1.82, 2.24) is 0 Å². The van der Waals surface area contributed by atoms with E-state index >= 15 is 0 Å². The molecular formula is H5NaO3S. The summed E-state index contributed by atoms with van der Waals surface area (Å²) >= 11 is -2.61. The first kappa shape index (κ1) is 9.42. The second-order valence-electron chi connectivity index (χ2n) is 0.231. The van der Waals surface area contributed by atoms with Gasteiger partial charge in [0.25, 0.3) is 11.4 Å². The topological polar surface area (TPSA) is 57.5 Å². The average Bonchev–Trinajstić information content (AvgIpc) is 0.811. The van der Waals surface area contributed by atoms with E-state index in [2.05, 4.69) is 0 Å². The van der Waals surface area contributed by atoms with Crippen LogP contribution in [-0.4, -0.2) is 42.9 Å². The van der Waals surface area contributed by atoms with Gasteiger partial charge >= 0.3 is 29.6 Å². The van der Waals surface area contributed by atoms with Crippen LogP contribution < -0.4 is 0 Å². The molecule has 5 heteroatoms. The summed E-state index contributed by atoms with van der Waals surface area (Å²) in [7, 11) is 0. The van der Waals surface area contributed by atoms with E-state index in [1.165, 1.54) is 0 Å². The van der Waals surface area contributed by atoms with Crippen LogP contribution in [0.2, 0.25) is 0 Å². The van der Waals surface area contributed by atoms with Crippen molar-refractivity contribution in [3.05, 3.63) is 0 Å². The molecule has 0 saturated heterocycles. The standard InChI is InChI=1S/Na.H2O3S.H2.H/c;1-4(2)3;;/h;(H2,1,2,3);1H;. The van der Waals surface area contributed by atoms with Crippen LogP contribution in [0.3, 0.4) is 0 Å². The first-order valence-corrected chi connectivity index (χ1v) is 1.60. The maximum absolute atomic E-state index is 8.67. The molecule has 0 amide bonds. The molecule has 0 aromatic heterocycles. The van der Waals surface area contributed by atoms with Crippen LogP contribution in [0, 0.1) is 0 Å². The molecule has 2 N–H and O–H groups in total. The molecule has 0 spiro atoms. The van der Waals surface area contributed by atoms with Crippen LogP contribution >= 0.6 is 0 Å². The van der Waals surface area contributed by atoms with Crippen LogP contribution in [0.1, 0.15) is 1.43 Å². The number of hydrogen-bond acceptors (Lipinski definition) is 1. The van der Waals surface area contributed by atoms with Crippen LogP contribution in [0.4, 0.5) is 0 Å². The van der Waals surface area contributed by atoms with Crippen molar-refractivity contribution >= 4 is 40.9 Å². The summed E-state index contributed by atoms with van der Waals surface area (Å²) < 4.78 is 22.8. The monoisotopic (exact) mass is 108 g/mol. The predicted molar refractivity (Wildman–Crippen MR) is 22.7 cm³/mol. The normalized spacial score (nSPS) is 7.00. The third-order valence-corrected chi connectivity index (χ3v) is 0. The zero-order chi connectivity index (χ0) is 3.58. The molecule has 0 fully saturated rings. The molecular weight excluding hydrogens is 103 g/mol. The summed E-state index contributed by atoms with van der Waals surface area (Å²) in [6.45, 7) is 0. The predicted octanol–water partition coefficient (Wildman–Crippen LogP) is -0.721. The molecule has 30 valence electrons. The average molecular weight is 108 g/mol. The number of rotatable bonds is 0. The fourth-order valence-corrected chi connectivity index (χ4v) is 0. The molecule has 3 nitrogen and oxygen atoms in total. The molecule has 0 aromatic carbocycles. The molecule has 0 bridgehead atoms.